The first-order valence-corrected chi connectivity index (χ1v) is 12.4. The normalized spacial score (nSPS) is 19.7. The number of hydrogen-bond donors (Lipinski definition) is 3. The molecule has 0 spiro atoms. The molecular weight excluding hydrogens is 522 g/mol. The van der Waals surface area contributed by atoms with Crippen LogP contribution in [0, 0.1) is 0 Å². The highest BCUT2D eigenvalue weighted by atomic mass is 19.3. The number of nitrogens with zero attached hydrogens (tertiary/aromatic N) is 2. The molecule has 3 atom stereocenters. The number of carbonyl (C=O) groups is 3. The Bertz CT molecular complexity index is 1190. The van der Waals surface area contributed by atoms with Gasteiger partial charge in [-0.3, -0.25) is 14.9 Å². The number of alkyl halides is 2. The van der Waals surface area contributed by atoms with Gasteiger partial charge < -0.3 is 24.6 Å². The predicted octanol–water partition coefficient (Wildman–Crippen LogP) is 2.84. The second-order valence-electron chi connectivity index (χ2n) is 8.66. The monoisotopic (exact) mass is 552 g/mol. The van der Waals surface area contributed by atoms with Crippen molar-refractivity contribution in [2.75, 3.05) is 23.8 Å². The van der Waals surface area contributed by atoms with Gasteiger partial charge in [-0.2, -0.15) is 8.78 Å². The largest absolute Gasteiger partial charge is 0.453 e. The molecule has 3 rings (SSSR count). The van der Waals surface area contributed by atoms with Crippen LogP contribution in [0.2, 0.25) is 0 Å². The lowest BCUT2D eigenvalue weighted by molar-refractivity contribution is -0.176. The summed E-state index contributed by atoms with van der Waals surface area (Å²) in [6.45, 7) is 1.07. The Morgan fingerprint density at radius 2 is 1.87 bits per heavy atom. The van der Waals surface area contributed by atoms with Gasteiger partial charge in [0.2, 0.25) is 12.1 Å². The number of benzene rings is 1. The van der Waals surface area contributed by atoms with Crippen LogP contribution in [-0.2, 0) is 23.8 Å². The number of aliphatic hydroxyl groups is 1. The van der Waals surface area contributed by atoms with Crippen molar-refractivity contribution in [3.8, 4) is 0 Å². The third kappa shape index (κ3) is 7.80. The van der Waals surface area contributed by atoms with Gasteiger partial charge in [0.05, 0.1) is 19.6 Å². The maximum Gasteiger partial charge on any atom is 0.412 e. The number of amides is 2. The van der Waals surface area contributed by atoms with Gasteiger partial charge in [-0.15, -0.1) is 0 Å². The molecule has 12 nitrogen and oxygen atoms in total. The van der Waals surface area contributed by atoms with Crippen molar-refractivity contribution < 1.29 is 42.5 Å². The van der Waals surface area contributed by atoms with Gasteiger partial charge >= 0.3 is 23.7 Å². The minimum absolute atomic E-state index is 0.0824. The summed E-state index contributed by atoms with van der Waals surface area (Å²) in [6, 6.07) is 9.50. The van der Waals surface area contributed by atoms with Crippen molar-refractivity contribution in [2.45, 2.75) is 63.4 Å². The molecule has 0 bridgehead atoms. The lowest BCUT2D eigenvalue weighted by atomic mass is 10.1. The predicted molar refractivity (Wildman–Crippen MR) is 133 cm³/mol. The summed E-state index contributed by atoms with van der Waals surface area (Å²) < 4.78 is 46.5. The molecule has 0 unspecified atom stereocenters. The van der Waals surface area contributed by atoms with Gasteiger partial charge in [0.15, 0.2) is 6.10 Å². The molecule has 2 heterocycles. The summed E-state index contributed by atoms with van der Waals surface area (Å²) >= 11 is 0. The van der Waals surface area contributed by atoms with Gasteiger partial charge in [-0.1, -0.05) is 38.0 Å². The van der Waals surface area contributed by atoms with Crippen molar-refractivity contribution in [1.29, 1.82) is 0 Å². The maximum atomic E-state index is 15.5. The number of carbonyl (C=O) groups excluding carboxylic acids is 3. The van der Waals surface area contributed by atoms with E-state index in [1.54, 1.807) is 30.3 Å². The molecule has 0 aliphatic carbocycles. The standard InChI is InChI=1S/C25H30F2N4O8/c1-2-3-7-14-37-24(36)30-18-12-13-28-23(35)31(18)22-25(26,27)21(17(15-32)38-22)39-20(34)11-10-19(33)29-16-8-5-4-6-9-16/h4-6,8-9,12-13,17,21-22,32H,2-3,7,10-11,14-15H2,1H3,(H,29,33)(H,30,36)/t17-,21-,22-/m1/s1. The Morgan fingerprint density at radius 3 is 2.56 bits per heavy atom. The molecule has 0 radical (unpaired) electrons. The Hall–Kier alpha value is -3.91. The second-order valence-corrected chi connectivity index (χ2v) is 8.66. The highest BCUT2D eigenvalue weighted by Gasteiger charge is 2.62. The number of esters is 1. The second kappa shape index (κ2) is 13.8. The van der Waals surface area contributed by atoms with Crippen LogP contribution in [0.3, 0.4) is 0 Å². The van der Waals surface area contributed by atoms with Gasteiger partial charge in [0, 0.05) is 18.3 Å². The number of nitrogens with one attached hydrogen (secondary N) is 2. The van der Waals surface area contributed by atoms with Crippen LogP contribution in [0.4, 0.5) is 25.1 Å². The zero-order valence-electron chi connectivity index (χ0n) is 21.2. The fraction of sp³-hybridized carbons (Fsp3) is 0.480. The fourth-order valence-electron chi connectivity index (χ4n) is 3.81. The Labute approximate surface area is 222 Å². The van der Waals surface area contributed by atoms with Crippen LogP contribution < -0.4 is 16.3 Å². The first kappa shape index (κ1) is 29.6. The van der Waals surface area contributed by atoms with E-state index >= 15 is 8.78 Å². The van der Waals surface area contributed by atoms with Crippen LogP contribution in [0.5, 0.6) is 0 Å². The van der Waals surface area contributed by atoms with E-state index < -0.39 is 66.9 Å². The summed E-state index contributed by atoms with van der Waals surface area (Å²) in [5.41, 5.74) is -0.698. The molecule has 212 valence electrons. The molecule has 3 N–H and O–H groups in total. The molecule has 1 aliphatic rings. The Kier molecular flexibility index (Phi) is 10.5. The number of aromatic nitrogens is 2. The summed E-state index contributed by atoms with van der Waals surface area (Å²) in [5.74, 6) is -6.12. The van der Waals surface area contributed by atoms with E-state index in [1.807, 2.05) is 6.92 Å². The number of halogens is 2. The van der Waals surface area contributed by atoms with Crippen molar-refractivity contribution in [2.24, 2.45) is 0 Å². The molecule has 0 saturated carbocycles. The molecule has 1 aromatic carbocycles. The molecule has 2 aromatic rings. The van der Waals surface area contributed by atoms with Crippen LogP contribution in [0.25, 0.3) is 0 Å². The average Bonchev–Trinajstić information content (AvgIpc) is 3.15. The van der Waals surface area contributed by atoms with E-state index in [1.165, 1.54) is 0 Å². The topological polar surface area (TPSA) is 158 Å². The van der Waals surface area contributed by atoms with Crippen LogP contribution in [0.1, 0.15) is 45.3 Å². The fourth-order valence-corrected chi connectivity index (χ4v) is 3.81. The SMILES string of the molecule is CCCCCOC(=O)Nc1ccnc(=O)n1[C@@H]1O[C@H](CO)[C@@H](OC(=O)CCC(=O)Nc2ccccc2)C1(F)F. The summed E-state index contributed by atoms with van der Waals surface area (Å²) in [4.78, 5) is 52.5. The lowest BCUT2D eigenvalue weighted by Gasteiger charge is -2.25. The molecular formula is C25H30F2N4O8. The zero-order chi connectivity index (χ0) is 28.4. The van der Waals surface area contributed by atoms with Gasteiger partial charge in [0.25, 0.3) is 0 Å². The van der Waals surface area contributed by atoms with E-state index in [9.17, 15) is 24.3 Å². The summed E-state index contributed by atoms with van der Waals surface area (Å²) in [6.07, 6.45) is -4.96. The lowest BCUT2D eigenvalue weighted by Crippen LogP contribution is -2.45. The molecule has 39 heavy (non-hydrogen) atoms. The summed E-state index contributed by atoms with van der Waals surface area (Å²) in [7, 11) is 0. The smallest absolute Gasteiger partial charge is 0.412 e. The van der Waals surface area contributed by atoms with E-state index in [-0.39, 0.29) is 13.0 Å². The van der Waals surface area contributed by atoms with E-state index in [2.05, 4.69) is 15.6 Å². The first-order valence-electron chi connectivity index (χ1n) is 12.4. The number of anilines is 2. The van der Waals surface area contributed by atoms with Crippen molar-refractivity contribution in [1.82, 2.24) is 9.55 Å². The minimum atomic E-state index is -4.04. The number of para-hydroxylation sites is 1. The van der Waals surface area contributed by atoms with Crippen molar-refractivity contribution >= 4 is 29.5 Å². The highest BCUT2D eigenvalue weighted by molar-refractivity contribution is 5.92. The van der Waals surface area contributed by atoms with E-state index in [0.29, 0.717) is 16.7 Å². The third-order valence-corrected chi connectivity index (χ3v) is 5.73. The zero-order valence-corrected chi connectivity index (χ0v) is 21.2. The van der Waals surface area contributed by atoms with E-state index in [4.69, 9.17) is 14.2 Å². The number of ether oxygens (including phenoxy) is 3. The number of aliphatic hydroxyl groups excluding tert-OH is 1. The minimum Gasteiger partial charge on any atom is -0.453 e. The van der Waals surface area contributed by atoms with E-state index in [0.717, 1.165) is 25.1 Å². The number of hydrogen-bond acceptors (Lipinski definition) is 9. The molecule has 1 aromatic heterocycles. The molecule has 1 aliphatic heterocycles. The average molecular weight is 553 g/mol. The van der Waals surface area contributed by atoms with Gasteiger partial charge in [-0.25, -0.2) is 19.1 Å². The molecule has 1 saturated heterocycles. The Balaban J connectivity index is 1.69. The molecule has 2 amide bonds. The summed E-state index contributed by atoms with van der Waals surface area (Å²) in [5, 5.41) is 14.4. The van der Waals surface area contributed by atoms with Gasteiger partial charge in [0.1, 0.15) is 11.9 Å². The van der Waals surface area contributed by atoms with Gasteiger partial charge in [-0.05, 0) is 24.6 Å². The van der Waals surface area contributed by atoms with Crippen LogP contribution in [0.15, 0.2) is 47.4 Å². The molecule has 1 fully saturated rings. The third-order valence-electron chi connectivity index (χ3n) is 5.73. The Morgan fingerprint density at radius 1 is 1.13 bits per heavy atom. The quantitative estimate of drug-likeness (QED) is 0.266. The highest BCUT2D eigenvalue weighted by Crippen LogP contribution is 2.44. The van der Waals surface area contributed by atoms with Crippen molar-refractivity contribution in [3.63, 3.8) is 0 Å². The van der Waals surface area contributed by atoms with Crippen molar-refractivity contribution in [3.05, 3.63) is 53.1 Å². The van der Waals surface area contributed by atoms with Crippen LogP contribution >= 0.6 is 0 Å². The number of unbranched alkanes of at least 4 members (excludes halogenated alkanes) is 2. The molecule has 14 heteroatoms. The maximum absolute atomic E-state index is 15.5. The first-order chi connectivity index (χ1) is 18.7. The number of rotatable bonds is 12. The van der Waals surface area contributed by atoms with Crippen LogP contribution in [-0.4, -0.2) is 64.0 Å².